The Kier molecular flexibility index (Phi) is 4.39. The van der Waals surface area contributed by atoms with Gasteiger partial charge in [0, 0.05) is 5.56 Å². The van der Waals surface area contributed by atoms with Crippen LogP contribution >= 0.6 is 0 Å². The topological polar surface area (TPSA) is 122 Å². The lowest BCUT2D eigenvalue weighted by Gasteiger charge is -2.49. The van der Waals surface area contributed by atoms with Crippen molar-refractivity contribution < 1.29 is 30.1 Å². The van der Waals surface area contributed by atoms with Gasteiger partial charge in [0.05, 0.1) is 23.9 Å². The van der Waals surface area contributed by atoms with Crippen LogP contribution < -0.4 is 5.11 Å². The number of nitrogens with zero attached hydrogens (tertiary/aromatic N) is 1. The molecule has 7 heteroatoms. The van der Waals surface area contributed by atoms with Gasteiger partial charge in [0.1, 0.15) is 5.75 Å². The van der Waals surface area contributed by atoms with Crippen molar-refractivity contribution in [3.8, 4) is 5.75 Å². The zero-order chi connectivity index (χ0) is 19.3. The van der Waals surface area contributed by atoms with E-state index in [9.17, 15) is 25.2 Å². The van der Waals surface area contributed by atoms with Gasteiger partial charge in [0.2, 0.25) is 0 Å². The summed E-state index contributed by atoms with van der Waals surface area (Å²) < 4.78 is 0. The smallest absolute Gasteiger partial charge is 0.156 e. The summed E-state index contributed by atoms with van der Waals surface area (Å²) in [5.74, 6) is -0.688. The number of phenolic OH excluding ortho intramolecular Hbond substituents is 1. The fraction of sp³-hybridized carbons (Fsp3) is 0.600. The first-order chi connectivity index (χ1) is 12.8. The molecule has 0 spiro atoms. The van der Waals surface area contributed by atoms with Crippen LogP contribution in [0.5, 0.6) is 5.75 Å². The van der Waals surface area contributed by atoms with Crippen LogP contribution in [0, 0.1) is 17.3 Å². The molecule has 2 saturated carbocycles. The Morgan fingerprint density at radius 2 is 2.19 bits per heavy atom. The maximum atomic E-state index is 10.6. The number of aliphatic hydroxyl groups is 2. The monoisotopic (exact) mass is 374 g/mol. The van der Waals surface area contributed by atoms with E-state index in [1.807, 2.05) is 13.0 Å². The van der Waals surface area contributed by atoms with Gasteiger partial charge in [-0.25, -0.2) is 0 Å². The fourth-order valence-corrected chi connectivity index (χ4v) is 5.65. The van der Waals surface area contributed by atoms with E-state index in [1.54, 1.807) is 12.1 Å². The van der Waals surface area contributed by atoms with E-state index >= 15 is 0 Å². The standard InChI is InChI=1S/C20H25NO6/c1-20-5-4-12-11-3-2-10(22)6-14(11)16(21-27-9-18(24)25)7-13(12)15(20)8-17(23)19(20)26/h2-3,6,12-13,15,17,19,22-23,26H,4-5,7-9H2,1H3,(H,24,25)/p-1/b21-16-/t12-,13+,15+,17-,19+,20+/m1/s1. The molecule has 4 rings (SSSR count). The van der Waals surface area contributed by atoms with Gasteiger partial charge in [0.25, 0.3) is 0 Å². The van der Waals surface area contributed by atoms with E-state index < -0.39 is 24.8 Å². The van der Waals surface area contributed by atoms with Crippen molar-refractivity contribution in [1.82, 2.24) is 0 Å². The molecule has 27 heavy (non-hydrogen) atoms. The van der Waals surface area contributed by atoms with E-state index in [-0.39, 0.29) is 28.9 Å². The van der Waals surface area contributed by atoms with Crippen LogP contribution in [0.1, 0.15) is 49.7 Å². The number of aliphatic hydroxyl groups excluding tert-OH is 2. The van der Waals surface area contributed by atoms with E-state index in [2.05, 4.69) is 5.16 Å². The number of carbonyl (C=O) groups is 1. The molecule has 2 fully saturated rings. The molecule has 3 aliphatic carbocycles. The third-order valence-corrected chi connectivity index (χ3v) is 6.94. The molecule has 0 saturated heterocycles. The van der Waals surface area contributed by atoms with E-state index in [0.717, 1.165) is 24.0 Å². The van der Waals surface area contributed by atoms with Gasteiger partial charge in [-0.1, -0.05) is 18.1 Å². The second-order valence-corrected chi connectivity index (χ2v) is 8.33. The molecule has 6 atom stereocenters. The SMILES string of the molecule is C[C@]12CC[C@@H]3c4ccc(O)cc4/C(=N\OCC(=O)[O-])C[C@@H]3[C@@H]1C[C@@H](O)[C@@H]2O. The van der Waals surface area contributed by atoms with Crippen LogP contribution in [0.3, 0.4) is 0 Å². The normalized spacial score (nSPS) is 38.8. The van der Waals surface area contributed by atoms with Crippen molar-refractivity contribution in [1.29, 1.82) is 0 Å². The first-order valence-corrected chi connectivity index (χ1v) is 9.39. The summed E-state index contributed by atoms with van der Waals surface area (Å²) in [6, 6.07) is 5.17. The molecule has 1 aromatic rings. The number of hydrogen-bond donors (Lipinski definition) is 3. The van der Waals surface area contributed by atoms with Gasteiger partial charge in [-0.3, -0.25) is 0 Å². The summed E-state index contributed by atoms with van der Waals surface area (Å²) in [7, 11) is 0. The molecule has 0 radical (unpaired) electrons. The largest absolute Gasteiger partial charge is 0.546 e. The van der Waals surface area contributed by atoms with Crippen LogP contribution in [-0.2, 0) is 9.63 Å². The van der Waals surface area contributed by atoms with Crippen molar-refractivity contribution in [3.63, 3.8) is 0 Å². The highest BCUT2D eigenvalue weighted by atomic mass is 16.6. The third kappa shape index (κ3) is 2.89. The second kappa shape index (κ2) is 6.49. The zero-order valence-corrected chi connectivity index (χ0v) is 15.2. The van der Waals surface area contributed by atoms with Gasteiger partial charge in [-0.15, -0.1) is 0 Å². The fourth-order valence-electron chi connectivity index (χ4n) is 5.65. The zero-order valence-electron chi connectivity index (χ0n) is 15.2. The van der Waals surface area contributed by atoms with Crippen molar-refractivity contribution in [2.45, 2.75) is 50.7 Å². The lowest BCUT2D eigenvalue weighted by Crippen LogP contribution is -2.45. The number of oxime groups is 1. The number of aromatic hydroxyl groups is 1. The molecule has 0 heterocycles. The molecular formula is C20H24NO6-. The number of rotatable bonds is 3. The Morgan fingerprint density at radius 1 is 1.41 bits per heavy atom. The van der Waals surface area contributed by atoms with Gasteiger partial charge in [-0.05, 0) is 66.5 Å². The van der Waals surface area contributed by atoms with E-state index in [0.29, 0.717) is 18.6 Å². The van der Waals surface area contributed by atoms with Crippen molar-refractivity contribution in [2.75, 3.05) is 6.61 Å². The van der Waals surface area contributed by atoms with Gasteiger partial charge in [-0.2, -0.15) is 0 Å². The summed E-state index contributed by atoms with van der Waals surface area (Å²) >= 11 is 0. The van der Waals surface area contributed by atoms with Crippen molar-refractivity contribution in [2.24, 2.45) is 22.4 Å². The molecule has 0 aliphatic heterocycles. The number of carboxylic acids is 1. The van der Waals surface area contributed by atoms with Crippen molar-refractivity contribution >= 4 is 11.7 Å². The van der Waals surface area contributed by atoms with Gasteiger partial charge >= 0.3 is 0 Å². The van der Waals surface area contributed by atoms with Gasteiger partial charge in [0.15, 0.2) is 6.61 Å². The summed E-state index contributed by atoms with van der Waals surface area (Å²) in [5.41, 5.74) is 2.07. The Bertz CT molecular complexity index is 793. The minimum Gasteiger partial charge on any atom is -0.546 e. The Balaban J connectivity index is 1.73. The highest BCUT2D eigenvalue weighted by Gasteiger charge is 2.58. The third-order valence-electron chi connectivity index (χ3n) is 6.94. The average Bonchev–Trinajstić information content (AvgIpc) is 2.85. The Hall–Kier alpha value is -2.12. The molecule has 0 bridgehead atoms. The summed E-state index contributed by atoms with van der Waals surface area (Å²) in [6.45, 7) is 1.41. The highest BCUT2D eigenvalue weighted by molar-refractivity contribution is 6.03. The average molecular weight is 374 g/mol. The number of phenols is 1. The summed E-state index contributed by atoms with van der Waals surface area (Å²) in [4.78, 5) is 15.6. The number of hydrogen-bond acceptors (Lipinski definition) is 7. The van der Waals surface area contributed by atoms with Crippen LogP contribution in [0.25, 0.3) is 0 Å². The quantitative estimate of drug-likeness (QED) is 0.663. The number of carbonyl (C=O) groups excluding carboxylic acids is 1. The number of benzene rings is 1. The lowest BCUT2D eigenvalue weighted by atomic mass is 9.55. The molecule has 7 nitrogen and oxygen atoms in total. The second-order valence-electron chi connectivity index (χ2n) is 8.33. The predicted octanol–water partition coefficient (Wildman–Crippen LogP) is 0.508. The minimum atomic E-state index is -1.35. The Labute approximate surface area is 157 Å². The lowest BCUT2D eigenvalue weighted by molar-refractivity contribution is -0.309. The molecular weight excluding hydrogens is 350 g/mol. The maximum Gasteiger partial charge on any atom is 0.156 e. The molecule has 3 N–H and O–H groups in total. The van der Waals surface area contributed by atoms with Gasteiger partial charge < -0.3 is 30.1 Å². The summed E-state index contributed by atoms with van der Waals surface area (Å²) in [6.07, 6.45) is 1.33. The Morgan fingerprint density at radius 3 is 2.93 bits per heavy atom. The summed E-state index contributed by atoms with van der Waals surface area (Å²) in [5, 5.41) is 45.4. The molecule has 0 aromatic heterocycles. The molecule has 1 aromatic carbocycles. The van der Waals surface area contributed by atoms with Crippen molar-refractivity contribution in [3.05, 3.63) is 29.3 Å². The molecule has 146 valence electrons. The van der Waals surface area contributed by atoms with Crippen LogP contribution in [0.15, 0.2) is 23.4 Å². The maximum absolute atomic E-state index is 10.6. The minimum absolute atomic E-state index is 0.118. The van der Waals surface area contributed by atoms with E-state index in [4.69, 9.17) is 4.84 Å². The number of fused-ring (bicyclic) bond motifs is 5. The number of aliphatic carboxylic acids is 1. The molecule has 0 unspecified atom stereocenters. The number of carboxylic acid groups (broad SMARTS) is 1. The van der Waals surface area contributed by atoms with Crippen LogP contribution in [0.2, 0.25) is 0 Å². The first kappa shape index (κ1) is 18.3. The molecule has 0 amide bonds. The van der Waals surface area contributed by atoms with Crippen LogP contribution in [-0.4, -0.2) is 45.8 Å². The van der Waals surface area contributed by atoms with E-state index in [1.165, 1.54) is 0 Å². The first-order valence-electron chi connectivity index (χ1n) is 9.39. The highest BCUT2D eigenvalue weighted by Crippen LogP contribution is 2.61. The predicted molar refractivity (Wildman–Crippen MR) is 93.9 cm³/mol. The molecule has 3 aliphatic rings. The van der Waals surface area contributed by atoms with Crippen LogP contribution in [0.4, 0.5) is 0 Å².